The number of benzene rings is 2. The van der Waals surface area contributed by atoms with Crippen LogP contribution < -0.4 is 5.73 Å². The Bertz CT molecular complexity index is 673. The monoisotopic (exact) mass is 357 g/mol. The van der Waals surface area contributed by atoms with Gasteiger partial charge in [-0.25, -0.2) is 0 Å². The van der Waals surface area contributed by atoms with E-state index in [1.165, 1.54) is 12.1 Å². The van der Waals surface area contributed by atoms with Gasteiger partial charge in [0.05, 0.1) is 11.7 Å². The fraction of sp³-hybridized carbons (Fsp3) is 0.333. The average molecular weight is 358 g/mol. The van der Waals surface area contributed by atoms with Crippen LogP contribution in [0.15, 0.2) is 48.5 Å². The van der Waals surface area contributed by atoms with Crippen LogP contribution in [0.5, 0.6) is 0 Å². The lowest BCUT2D eigenvalue weighted by atomic mass is 9.88. The number of hydrogen-bond donors (Lipinski definition) is 2. The van der Waals surface area contributed by atoms with Crippen LogP contribution in [0, 0.1) is 5.92 Å². The van der Waals surface area contributed by atoms with Gasteiger partial charge in [0.15, 0.2) is 0 Å². The van der Waals surface area contributed by atoms with Crippen LogP contribution in [0.25, 0.3) is 0 Å². The molecule has 0 aromatic heterocycles. The lowest BCUT2D eigenvalue weighted by molar-refractivity contribution is -0.137. The highest BCUT2D eigenvalue weighted by molar-refractivity contribution is 6.31. The summed E-state index contributed by atoms with van der Waals surface area (Å²) >= 11 is 6.12. The predicted molar refractivity (Wildman–Crippen MR) is 88.7 cm³/mol. The van der Waals surface area contributed by atoms with Crippen LogP contribution in [0.4, 0.5) is 13.2 Å². The van der Waals surface area contributed by atoms with E-state index in [2.05, 4.69) is 0 Å². The van der Waals surface area contributed by atoms with Crippen molar-refractivity contribution in [2.24, 2.45) is 11.7 Å². The van der Waals surface area contributed by atoms with Crippen molar-refractivity contribution in [3.63, 3.8) is 0 Å². The fourth-order valence-electron chi connectivity index (χ4n) is 2.55. The lowest BCUT2D eigenvalue weighted by Crippen LogP contribution is -2.36. The van der Waals surface area contributed by atoms with Gasteiger partial charge < -0.3 is 10.8 Å². The number of rotatable bonds is 5. The maximum Gasteiger partial charge on any atom is 0.416 e. The smallest absolute Gasteiger partial charge is 0.387 e. The normalized spacial score (nSPS) is 15.8. The fourth-order valence-corrected chi connectivity index (χ4v) is 2.76. The molecule has 2 aromatic carbocycles. The van der Waals surface area contributed by atoms with Crippen molar-refractivity contribution in [3.05, 3.63) is 70.2 Å². The van der Waals surface area contributed by atoms with Gasteiger partial charge in [0.2, 0.25) is 0 Å². The van der Waals surface area contributed by atoms with Crippen molar-refractivity contribution in [3.8, 4) is 0 Å². The van der Waals surface area contributed by atoms with E-state index in [1.807, 2.05) is 25.1 Å². The van der Waals surface area contributed by atoms with Crippen molar-refractivity contribution >= 4 is 11.6 Å². The maximum absolute atomic E-state index is 12.6. The highest BCUT2D eigenvalue weighted by Gasteiger charge is 2.31. The van der Waals surface area contributed by atoms with Crippen molar-refractivity contribution in [1.82, 2.24) is 0 Å². The van der Waals surface area contributed by atoms with Crippen LogP contribution in [0.1, 0.15) is 29.7 Å². The van der Waals surface area contributed by atoms with E-state index in [4.69, 9.17) is 17.3 Å². The SMILES string of the molecule is CC(Cc1ccccc1Cl)C(N)C(O)c1ccc(C(F)(F)F)cc1. The van der Waals surface area contributed by atoms with Gasteiger partial charge in [0.25, 0.3) is 0 Å². The second-order valence-corrected chi connectivity index (χ2v) is 6.32. The molecule has 24 heavy (non-hydrogen) atoms. The molecule has 0 radical (unpaired) electrons. The Hall–Kier alpha value is -1.56. The van der Waals surface area contributed by atoms with E-state index >= 15 is 0 Å². The van der Waals surface area contributed by atoms with E-state index in [1.54, 1.807) is 6.07 Å². The summed E-state index contributed by atoms with van der Waals surface area (Å²) in [5.74, 6) is -0.109. The molecule has 0 saturated carbocycles. The summed E-state index contributed by atoms with van der Waals surface area (Å²) in [5.41, 5.74) is 6.63. The predicted octanol–water partition coefficient (Wildman–Crippen LogP) is 4.60. The molecule has 0 bridgehead atoms. The number of hydrogen-bond acceptors (Lipinski definition) is 2. The van der Waals surface area contributed by atoms with Crippen molar-refractivity contribution < 1.29 is 18.3 Å². The summed E-state index contributed by atoms with van der Waals surface area (Å²) in [4.78, 5) is 0. The largest absolute Gasteiger partial charge is 0.416 e. The van der Waals surface area contributed by atoms with Crippen LogP contribution in [-0.4, -0.2) is 11.1 Å². The molecule has 2 aromatic rings. The van der Waals surface area contributed by atoms with Gasteiger partial charge in [-0.1, -0.05) is 48.9 Å². The van der Waals surface area contributed by atoms with E-state index in [0.717, 1.165) is 17.7 Å². The first-order valence-corrected chi connectivity index (χ1v) is 7.92. The maximum atomic E-state index is 12.6. The first kappa shape index (κ1) is 18.8. The Kier molecular flexibility index (Phi) is 5.91. The number of aliphatic hydroxyl groups excluding tert-OH is 1. The first-order chi connectivity index (χ1) is 11.2. The van der Waals surface area contributed by atoms with E-state index < -0.39 is 23.9 Å². The quantitative estimate of drug-likeness (QED) is 0.821. The molecule has 0 spiro atoms. The van der Waals surface area contributed by atoms with Gasteiger partial charge in [0.1, 0.15) is 0 Å². The molecule has 130 valence electrons. The van der Waals surface area contributed by atoms with Crippen molar-refractivity contribution in [2.45, 2.75) is 31.7 Å². The van der Waals surface area contributed by atoms with Crippen molar-refractivity contribution in [2.75, 3.05) is 0 Å². The first-order valence-electron chi connectivity index (χ1n) is 7.54. The zero-order valence-corrected chi connectivity index (χ0v) is 13.9. The second kappa shape index (κ2) is 7.55. The molecule has 0 fully saturated rings. The molecule has 3 atom stereocenters. The van der Waals surface area contributed by atoms with Gasteiger partial charge >= 0.3 is 6.18 Å². The topological polar surface area (TPSA) is 46.2 Å². The van der Waals surface area contributed by atoms with E-state index in [9.17, 15) is 18.3 Å². The standard InChI is InChI=1S/C18H19ClF3NO/c1-11(10-13-4-2-3-5-15(13)19)16(23)17(24)12-6-8-14(9-7-12)18(20,21)22/h2-9,11,16-17,24H,10,23H2,1H3. The molecular formula is C18H19ClF3NO. The second-order valence-electron chi connectivity index (χ2n) is 5.91. The summed E-state index contributed by atoms with van der Waals surface area (Å²) in [7, 11) is 0. The van der Waals surface area contributed by atoms with Gasteiger partial charge in [-0.2, -0.15) is 13.2 Å². The third kappa shape index (κ3) is 4.50. The van der Waals surface area contributed by atoms with Crippen molar-refractivity contribution in [1.29, 1.82) is 0 Å². The van der Waals surface area contributed by atoms with Gasteiger partial charge in [0, 0.05) is 11.1 Å². The summed E-state index contributed by atoms with van der Waals surface area (Å²) in [5, 5.41) is 11.0. The number of halogens is 4. The molecule has 3 unspecified atom stereocenters. The molecule has 0 amide bonds. The summed E-state index contributed by atoms with van der Waals surface area (Å²) in [6.45, 7) is 1.88. The highest BCUT2D eigenvalue weighted by Crippen LogP contribution is 2.31. The summed E-state index contributed by atoms with van der Waals surface area (Å²) in [6.07, 6.45) is -4.88. The van der Waals surface area contributed by atoms with E-state index in [-0.39, 0.29) is 5.92 Å². The molecule has 2 rings (SSSR count). The molecular weight excluding hydrogens is 339 g/mol. The summed E-state index contributed by atoms with van der Waals surface area (Å²) in [6, 6.07) is 11.1. The zero-order valence-electron chi connectivity index (χ0n) is 13.1. The minimum Gasteiger partial charge on any atom is -0.387 e. The molecule has 3 N–H and O–H groups in total. The minimum absolute atomic E-state index is 0.109. The van der Waals surface area contributed by atoms with Crippen LogP contribution >= 0.6 is 11.6 Å². The Balaban J connectivity index is 2.08. The molecule has 0 aliphatic heterocycles. The van der Waals surface area contributed by atoms with Gasteiger partial charge in [-0.3, -0.25) is 0 Å². The third-order valence-corrected chi connectivity index (χ3v) is 4.47. The van der Waals surface area contributed by atoms with Gasteiger partial charge in [-0.05, 0) is 41.7 Å². The van der Waals surface area contributed by atoms with Crippen LogP contribution in [0.2, 0.25) is 5.02 Å². The Morgan fingerprint density at radius 2 is 1.67 bits per heavy atom. The number of alkyl halides is 3. The Labute approximate surface area is 144 Å². The number of aliphatic hydroxyl groups is 1. The van der Waals surface area contributed by atoms with Crippen LogP contribution in [0.3, 0.4) is 0 Å². The average Bonchev–Trinajstić information content (AvgIpc) is 2.55. The zero-order chi connectivity index (χ0) is 17.9. The highest BCUT2D eigenvalue weighted by atomic mass is 35.5. The molecule has 0 saturated heterocycles. The van der Waals surface area contributed by atoms with E-state index in [0.29, 0.717) is 17.0 Å². The molecule has 2 nitrogen and oxygen atoms in total. The van der Waals surface area contributed by atoms with Gasteiger partial charge in [-0.15, -0.1) is 0 Å². The molecule has 0 aliphatic rings. The minimum atomic E-state index is -4.40. The number of nitrogens with two attached hydrogens (primary N) is 1. The Morgan fingerprint density at radius 3 is 2.21 bits per heavy atom. The molecule has 0 heterocycles. The van der Waals surface area contributed by atoms with Crippen LogP contribution in [-0.2, 0) is 12.6 Å². The molecule has 0 aliphatic carbocycles. The lowest BCUT2D eigenvalue weighted by Gasteiger charge is -2.26. The summed E-state index contributed by atoms with van der Waals surface area (Å²) < 4.78 is 37.8. The Morgan fingerprint density at radius 1 is 1.08 bits per heavy atom. The third-order valence-electron chi connectivity index (χ3n) is 4.10. The molecule has 6 heteroatoms.